The number of hydrogen-bond donors (Lipinski definition) is 1. The van der Waals surface area contributed by atoms with Crippen molar-refractivity contribution in [3.05, 3.63) is 42.6 Å². The van der Waals surface area contributed by atoms with Crippen molar-refractivity contribution in [1.29, 1.82) is 0 Å². The number of benzene rings is 1. The summed E-state index contributed by atoms with van der Waals surface area (Å²) in [5, 5.41) is 19.7. The molecular formula is C20H26N8O. The topological polar surface area (TPSA) is 93.8 Å². The third-order valence-corrected chi connectivity index (χ3v) is 5.14. The van der Waals surface area contributed by atoms with E-state index in [1.807, 2.05) is 61.9 Å². The summed E-state index contributed by atoms with van der Waals surface area (Å²) >= 11 is 0. The third-order valence-electron chi connectivity index (χ3n) is 5.14. The monoisotopic (exact) mass is 394 g/mol. The minimum Gasteiger partial charge on any atom is -0.339 e. The molecule has 1 aromatic carbocycles. The fraction of sp³-hybridized carbons (Fsp3) is 0.450. The summed E-state index contributed by atoms with van der Waals surface area (Å²) < 4.78 is 3.70. The molecular weight excluding hydrogens is 368 g/mol. The molecule has 0 unspecified atom stereocenters. The van der Waals surface area contributed by atoms with Gasteiger partial charge in [-0.25, -0.2) is 4.68 Å². The van der Waals surface area contributed by atoms with Crippen molar-refractivity contribution in [1.82, 2.24) is 30.0 Å². The molecule has 1 N–H and O–H groups in total. The number of hydrogen-bond acceptors (Lipinski definition) is 6. The lowest BCUT2D eigenvalue weighted by Gasteiger charge is -2.33. The molecule has 0 radical (unpaired) electrons. The van der Waals surface area contributed by atoms with Crippen LogP contribution < -0.4 is 10.2 Å². The molecule has 0 saturated carbocycles. The van der Waals surface area contributed by atoms with E-state index in [-0.39, 0.29) is 11.9 Å². The third kappa shape index (κ3) is 3.98. The van der Waals surface area contributed by atoms with Crippen LogP contribution >= 0.6 is 0 Å². The van der Waals surface area contributed by atoms with Gasteiger partial charge in [0.25, 0.3) is 0 Å². The number of anilines is 2. The average Bonchev–Trinajstić information content (AvgIpc) is 3.38. The van der Waals surface area contributed by atoms with E-state index in [0.29, 0.717) is 0 Å². The highest BCUT2D eigenvalue weighted by molar-refractivity contribution is 5.93. The van der Waals surface area contributed by atoms with E-state index in [0.717, 1.165) is 43.4 Å². The first kappa shape index (κ1) is 19.1. The molecule has 0 bridgehead atoms. The van der Waals surface area contributed by atoms with E-state index in [1.165, 1.54) is 0 Å². The van der Waals surface area contributed by atoms with Crippen molar-refractivity contribution >= 4 is 17.7 Å². The lowest BCUT2D eigenvalue weighted by molar-refractivity contribution is -0.123. The van der Waals surface area contributed by atoms with Crippen molar-refractivity contribution in [3.8, 4) is 5.69 Å². The van der Waals surface area contributed by atoms with Crippen molar-refractivity contribution in [3.63, 3.8) is 0 Å². The Balaban J connectivity index is 1.45. The Morgan fingerprint density at radius 1 is 1.10 bits per heavy atom. The van der Waals surface area contributed by atoms with Gasteiger partial charge in [0.1, 0.15) is 5.82 Å². The number of nitrogens with zero attached hydrogens (tertiary/aromatic N) is 7. The van der Waals surface area contributed by atoms with Gasteiger partial charge in [0.05, 0.1) is 17.9 Å². The van der Waals surface area contributed by atoms with Gasteiger partial charge in [-0.2, -0.15) is 9.78 Å². The van der Waals surface area contributed by atoms with Gasteiger partial charge in [0.2, 0.25) is 11.9 Å². The Morgan fingerprint density at radius 3 is 2.52 bits per heavy atom. The average molecular weight is 394 g/mol. The normalized spacial score (nSPS) is 15.5. The molecule has 2 aromatic heterocycles. The highest BCUT2D eigenvalue weighted by Gasteiger charge is 2.28. The molecule has 1 aliphatic rings. The second-order valence-electron chi connectivity index (χ2n) is 8.31. The molecule has 0 aliphatic carbocycles. The van der Waals surface area contributed by atoms with E-state index >= 15 is 0 Å². The van der Waals surface area contributed by atoms with E-state index in [1.54, 1.807) is 10.9 Å². The first-order chi connectivity index (χ1) is 13.9. The number of rotatable bonds is 4. The lowest BCUT2D eigenvalue weighted by Crippen LogP contribution is -2.37. The number of para-hydroxylation sites is 1. The zero-order valence-electron chi connectivity index (χ0n) is 17.0. The number of piperidine rings is 1. The van der Waals surface area contributed by atoms with Crippen LogP contribution in [0, 0.1) is 5.41 Å². The highest BCUT2D eigenvalue weighted by Crippen LogP contribution is 2.28. The zero-order chi connectivity index (χ0) is 20.4. The van der Waals surface area contributed by atoms with Crippen LogP contribution in [0.15, 0.2) is 42.6 Å². The van der Waals surface area contributed by atoms with Gasteiger partial charge in [0.15, 0.2) is 0 Å². The molecule has 1 saturated heterocycles. The first-order valence-corrected chi connectivity index (χ1v) is 9.87. The molecule has 9 heteroatoms. The van der Waals surface area contributed by atoms with E-state index in [9.17, 15) is 4.79 Å². The molecule has 1 aliphatic heterocycles. The Morgan fingerprint density at radius 2 is 1.83 bits per heavy atom. The largest absolute Gasteiger partial charge is 0.339 e. The summed E-state index contributed by atoms with van der Waals surface area (Å²) in [7, 11) is 0. The van der Waals surface area contributed by atoms with Gasteiger partial charge in [-0.05, 0) is 35.4 Å². The van der Waals surface area contributed by atoms with Gasteiger partial charge in [-0.1, -0.05) is 44.1 Å². The van der Waals surface area contributed by atoms with Gasteiger partial charge in [-0.3, -0.25) is 4.79 Å². The van der Waals surface area contributed by atoms with Crippen LogP contribution in [0.5, 0.6) is 0 Å². The minimum atomic E-state index is -0.451. The van der Waals surface area contributed by atoms with Crippen LogP contribution in [-0.2, 0) is 4.79 Å². The van der Waals surface area contributed by atoms with Crippen LogP contribution in [0.1, 0.15) is 39.7 Å². The molecule has 9 nitrogen and oxygen atoms in total. The number of carbonyl (C=O) groups excluding carboxylic acids is 1. The van der Waals surface area contributed by atoms with Crippen molar-refractivity contribution in [2.45, 2.75) is 39.7 Å². The van der Waals surface area contributed by atoms with Crippen molar-refractivity contribution in [2.75, 3.05) is 23.3 Å². The van der Waals surface area contributed by atoms with Crippen LogP contribution in [-0.4, -0.2) is 49.0 Å². The Kier molecular flexibility index (Phi) is 5.04. The molecule has 29 heavy (non-hydrogen) atoms. The smallest absolute Gasteiger partial charge is 0.250 e. The van der Waals surface area contributed by atoms with Crippen LogP contribution in [0.3, 0.4) is 0 Å². The zero-order valence-corrected chi connectivity index (χ0v) is 17.0. The predicted octanol–water partition coefficient (Wildman–Crippen LogP) is 2.68. The fourth-order valence-electron chi connectivity index (χ4n) is 3.43. The van der Waals surface area contributed by atoms with Crippen molar-refractivity contribution in [2.24, 2.45) is 5.41 Å². The Hall–Kier alpha value is -3.23. The van der Waals surface area contributed by atoms with Gasteiger partial charge < -0.3 is 10.2 Å². The molecule has 1 fully saturated rings. The molecule has 1 amide bonds. The van der Waals surface area contributed by atoms with E-state index in [2.05, 4.69) is 30.8 Å². The summed E-state index contributed by atoms with van der Waals surface area (Å²) in [6.07, 6.45) is 3.52. The summed E-state index contributed by atoms with van der Waals surface area (Å²) in [4.78, 5) is 14.6. The number of amides is 1. The molecule has 152 valence electrons. The highest BCUT2D eigenvalue weighted by atomic mass is 16.2. The Labute approximate surface area is 169 Å². The molecule has 0 atom stereocenters. The quantitative estimate of drug-likeness (QED) is 0.731. The van der Waals surface area contributed by atoms with Gasteiger partial charge in [0, 0.05) is 24.6 Å². The Bertz CT molecular complexity index is 964. The van der Waals surface area contributed by atoms with Gasteiger partial charge >= 0.3 is 0 Å². The van der Waals surface area contributed by atoms with Crippen molar-refractivity contribution < 1.29 is 4.79 Å². The second-order valence-corrected chi connectivity index (χ2v) is 8.31. The molecule has 0 spiro atoms. The number of nitrogens with one attached hydrogen (secondary N) is 1. The number of aromatic nitrogens is 6. The maximum atomic E-state index is 12.4. The summed E-state index contributed by atoms with van der Waals surface area (Å²) in [6.45, 7) is 7.32. The summed E-state index contributed by atoms with van der Waals surface area (Å²) in [5.74, 6) is 1.48. The lowest BCUT2D eigenvalue weighted by atomic mass is 9.96. The maximum absolute atomic E-state index is 12.4. The van der Waals surface area contributed by atoms with Crippen LogP contribution in [0.2, 0.25) is 0 Å². The van der Waals surface area contributed by atoms with Crippen LogP contribution in [0.4, 0.5) is 11.8 Å². The maximum Gasteiger partial charge on any atom is 0.250 e. The standard InChI is InChI=1S/C20H26N8O/c1-20(2,3)18(29)22-17-9-12-21-27(17)16-10-13-26(14-11-16)19-23-24-25-28(19)15-7-5-4-6-8-15/h4-9,12,16H,10-11,13-14H2,1-3H3,(H,22,29). The summed E-state index contributed by atoms with van der Waals surface area (Å²) in [5.41, 5.74) is 0.487. The second kappa shape index (κ2) is 7.65. The first-order valence-electron chi connectivity index (χ1n) is 9.87. The predicted molar refractivity (Wildman–Crippen MR) is 110 cm³/mol. The summed E-state index contributed by atoms with van der Waals surface area (Å²) in [6, 6.07) is 12.0. The van der Waals surface area contributed by atoms with E-state index in [4.69, 9.17) is 0 Å². The van der Waals surface area contributed by atoms with E-state index < -0.39 is 5.41 Å². The van der Waals surface area contributed by atoms with Gasteiger partial charge in [-0.15, -0.1) is 0 Å². The SMILES string of the molecule is CC(C)(C)C(=O)Nc1ccnn1C1CCN(c2nnnn2-c2ccccc2)CC1. The number of tetrazole rings is 1. The molecule has 3 aromatic rings. The van der Waals surface area contributed by atoms with Crippen LogP contribution in [0.25, 0.3) is 5.69 Å². The molecule has 4 rings (SSSR count). The number of carbonyl (C=O) groups is 1. The fourth-order valence-corrected chi connectivity index (χ4v) is 3.43. The minimum absolute atomic E-state index is 0.0151. The molecule has 3 heterocycles.